The van der Waals surface area contributed by atoms with Gasteiger partial charge >= 0.3 is 0 Å². The van der Waals surface area contributed by atoms with Gasteiger partial charge in [0.1, 0.15) is 0 Å². The molecule has 0 amide bonds. The van der Waals surface area contributed by atoms with Crippen molar-refractivity contribution < 1.29 is 14.2 Å². The lowest BCUT2D eigenvalue weighted by Gasteiger charge is -2.20. The summed E-state index contributed by atoms with van der Waals surface area (Å²) in [5, 5.41) is 0. The van der Waals surface area contributed by atoms with Crippen molar-refractivity contribution in [1.29, 1.82) is 0 Å². The molecule has 0 spiro atoms. The van der Waals surface area contributed by atoms with E-state index in [1.54, 1.807) is 14.2 Å². The van der Waals surface area contributed by atoms with Crippen LogP contribution in [0, 0.1) is 6.92 Å². The third-order valence-corrected chi connectivity index (χ3v) is 3.23. The molecular weight excluding hydrogens is 242 g/mol. The Hall–Kier alpha value is -1.42. The van der Waals surface area contributed by atoms with Gasteiger partial charge in [-0.05, 0) is 38.3 Å². The smallest absolute Gasteiger partial charge is 0.203 e. The van der Waals surface area contributed by atoms with Crippen molar-refractivity contribution in [3.63, 3.8) is 0 Å². The summed E-state index contributed by atoms with van der Waals surface area (Å²) < 4.78 is 16.6. The van der Waals surface area contributed by atoms with Crippen molar-refractivity contribution in [2.24, 2.45) is 5.73 Å². The van der Waals surface area contributed by atoms with E-state index in [1.165, 1.54) is 0 Å². The molecule has 1 aromatic rings. The highest BCUT2D eigenvalue weighted by atomic mass is 16.5. The highest BCUT2D eigenvalue weighted by molar-refractivity contribution is 5.59. The van der Waals surface area contributed by atoms with Crippen molar-refractivity contribution in [2.75, 3.05) is 20.8 Å². The highest BCUT2D eigenvalue weighted by Crippen LogP contribution is 2.42. The second-order valence-corrected chi connectivity index (χ2v) is 4.54. The van der Waals surface area contributed by atoms with Crippen LogP contribution in [0.25, 0.3) is 0 Å². The van der Waals surface area contributed by atoms with E-state index in [4.69, 9.17) is 19.9 Å². The summed E-state index contributed by atoms with van der Waals surface area (Å²) in [7, 11) is 3.28. The molecule has 0 radical (unpaired) electrons. The first-order chi connectivity index (χ1) is 9.08. The first-order valence-electron chi connectivity index (χ1n) is 6.71. The van der Waals surface area contributed by atoms with Crippen LogP contribution in [-0.4, -0.2) is 26.9 Å². The molecule has 0 bridgehead atoms. The maximum atomic E-state index is 6.06. The summed E-state index contributed by atoms with van der Waals surface area (Å²) in [6, 6.07) is 2.10. The molecule has 4 heteroatoms. The molecule has 0 saturated carbocycles. The molecule has 0 fully saturated rings. The summed E-state index contributed by atoms with van der Waals surface area (Å²) in [6.07, 6.45) is 1.70. The van der Waals surface area contributed by atoms with Crippen molar-refractivity contribution in [1.82, 2.24) is 0 Å². The van der Waals surface area contributed by atoms with E-state index in [9.17, 15) is 0 Å². The normalized spacial score (nSPS) is 12.1. The summed E-state index contributed by atoms with van der Waals surface area (Å²) in [5.41, 5.74) is 8.27. The molecule has 0 aliphatic rings. The van der Waals surface area contributed by atoms with Gasteiger partial charge in [-0.3, -0.25) is 0 Å². The minimum Gasteiger partial charge on any atom is -0.493 e. The van der Waals surface area contributed by atoms with Crippen LogP contribution < -0.4 is 19.9 Å². The van der Waals surface area contributed by atoms with Gasteiger partial charge < -0.3 is 19.9 Å². The highest BCUT2D eigenvalue weighted by Gasteiger charge is 2.20. The molecule has 1 rings (SSSR count). The van der Waals surface area contributed by atoms with Gasteiger partial charge in [-0.15, -0.1) is 0 Å². The Morgan fingerprint density at radius 1 is 1.16 bits per heavy atom. The standard InChI is InChI=1S/C15H25NO3/c1-6-11(16)9-12-10(3)8-13(17-4)15(19-7-2)14(12)18-5/h8,11H,6-7,9,16H2,1-5H3. The average Bonchev–Trinajstić information content (AvgIpc) is 2.42. The molecule has 19 heavy (non-hydrogen) atoms. The molecule has 0 aromatic heterocycles. The fourth-order valence-electron chi connectivity index (χ4n) is 2.09. The van der Waals surface area contributed by atoms with E-state index in [1.807, 2.05) is 19.9 Å². The van der Waals surface area contributed by atoms with E-state index < -0.39 is 0 Å². The Labute approximate surface area is 115 Å². The molecule has 2 N–H and O–H groups in total. The van der Waals surface area contributed by atoms with Crippen molar-refractivity contribution >= 4 is 0 Å². The van der Waals surface area contributed by atoms with Crippen LogP contribution in [0.2, 0.25) is 0 Å². The van der Waals surface area contributed by atoms with Crippen LogP contribution in [0.1, 0.15) is 31.4 Å². The summed E-state index contributed by atoms with van der Waals surface area (Å²) in [6.45, 7) is 6.63. The molecular formula is C15H25NO3. The van der Waals surface area contributed by atoms with E-state index in [0.29, 0.717) is 18.1 Å². The van der Waals surface area contributed by atoms with Crippen molar-refractivity contribution in [2.45, 2.75) is 39.7 Å². The minimum absolute atomic E-state index is 0.121. The van der Waals surface area contributed by atoms with Gasteiger partial charge in [0.25, 0.3) is 0 Å². The number of hydrogen-bond acceptors (Lipinski definition) is 4. The van der Waals surface area contributed by atoms with E-state index >= 15 is 0 Å². The first kappa shape index (κ1) is 15.6. The third kappa shape index (κ3) is 3.53. The zero-order valence-corrected chi connectivity index (χ0v) is 12.6. The van der Waals surface area contributed by atoms with Crippen LogP contribution in [0.4, 0.5) is 0 Å². The van der Waals surface area contributed by atoms with Gasteiger partial charge in [0.15, 0.2) is 11.5 Å². The van der Waals surface area contributed by atoms with E-state index in [-0.39, 0.29) is 6.04 Å². The Morgan fingerprint density at radius 2 is 1.84 bits per heavy atom. The Bertz CT molecular complexity index is 418. The van der Waals surface area contributed by atoms with Gasteiger partial charge in [-0.1, -0.05) is 6.92 Å². The van der Waals surface area contributed by atoms with Gasteiger partial charge in [-0.2, -0.15) is 0 Å². The Morgan fingerprint density at radius 3 is 2.32 bits per heavy atom. The zero-order chi connectivity index (χ0) is 14.4. The summed E-state index contributed by atoms with van der Waals surface area (Å²) >= 11 is 0. The first-order valence-corrected chi connectivity index (χ1v) is 6.71. The number of nitrogens with two attached hydrogens (primary N) is 1. The van der Waals surface area contributed by atoms with Crippen LogP contribution in [0.15, 0.2) is 6.07 Å². The molecule has 0 heterocycles. The minimum atomic E-state index is 0.121. The van der Waals surface area contributed by atoms with Crippen molar-refractivity contribution in [3.8, 4) is 17.2 Å². The Balaban J connectivity index is 3.32. The quantitative estimate of drug-likeness (QED) is 0.825. The molecule has 0 aliphatic heterocycles. The SMILES string of the molecule is CCOc1c(OC)cc(C)c(CC(N)CC)c1OC. The largest absolute Gasteiger partial charge is 0.493 e. The topological polar surface area (TPSA) is 53.7 Å². The van der Waals surface area contributed by atoms with Gasteiger partial charge in [0.2, 0.25) is 5.75 Å². The van der Waals surface area contributed by atoms with Crippen LogP contribution in [-0.2, 0) is 6.42 Å². The Kier molecular flexibility index (Phi) is 5.96. The van der Waals surface area contributed by atoms with Crippen LogP contribution >= 0.6 is 0 Å². The third-order valence-electron chi connectivity index (χ3n) is 3.23. The summed E-state index contributed by atoms with van der Waals surface area (Å²) in [5.74, 6) is 2.10. The number of rotatable bonds is 7. The van der Waals surface area contributed by atoms with Crippen LogP contribution in [0.5, 0.6) is 17.2 Å². The molecule has 0 saturated heterocycles. The van der Waals surface area contributed by atoms with Gasteiger partial charge in [0, 0.05) is 11.6 Å². The molecule has 108 valence electrons. The van der Waals surface area contributed by atoms with Crippen LogP contribution in [0.3, 0.4) is 0 Å². The molecule has 0 aliphatic carbocycles. The molecule has 1 unspecified atom stereocenters. The number of hydrogen-bond donors (Lipinski definition) is 1. The predicted molar refractivity (Wildman–Crippen MR) is 77.4 cm³/mol. The van der Waals surface area contributed by atoms with Crippen molar-refractivity contribution in [3.05, 3.63) is 17.2 Å². The zero-order valence-electron chi connectivity index (χ0n) is 12.6. The maximum absolute atomic E-state index is 6.06. The van der Waals surface area contributed by atoms with E-state index in [2.05, 4.69) is 6.92 Å². The maximum Gasteiger partial charge on any atom is 0.203 e. The predicted octanol–water partition coefficient (Wildman–Crippen LogP) is 2.69. The molecule has 4 nitrogen and oxygen atoms in total. The second-order valence-electron chi connectivity index (χ2n) is 4.54. The molecule has 1 aromatic carbocycles. The van der Waals surface area contributed by atoms with E-state index in [0.717, 1.165) is 29.7 Å². The lowest BCUT2D eigenvalue weighted by atomic mass is 9.98. The number of ether oxygens (including phenoxy) is 3. The lowest BCUT2D eigenvalue weighted by molar-refractivity contribution is 0.286. The second kappa shape index (κ2) is 7.24. The fraction of sp³-hybridized carbons (Fsp3) is 0.600. The van der Waals surface area contributed by atoms with Gasteiger partial charge in [-0.25, -0.2) is 0 Å². The molecule has 1 atom stereocenters. The number of methoxy groups -OCH3 is 2. The fourth-order valence-corrected chi connectivity index (χ4v) is 2.09. The van der Waals surface area contributed by atoms with Gasteiger partial charge in [0.05, 0.1) is 20.8 Å². The monoisotopic (exact) mass is 267 g/mol. The number of aryl methyl sites for hydroxylation is 1. The lowest BCUT2D eigenvalue weighted by Crippen LogP contribution is -2.22. The number of benzene rings is 1. The summed E-state index contributed by atoms with van der Waals surface area (Å²) in [4.78, 5) is 0. The average molecular weight is 267 g/mol.